The van der Waals surface area contributed by atoms with Gasteiger partial charge in [-0.15, -0.1) is 0 Å². The van der Waals surface area contributed by atoms with Crippen molar-refractivity contribution in [2.75, 3.05) is 6.26 Å². The third kappa shape index (κ3) is 4.78. The predicted molar refractivity (Wildman–Crippen MR) is 101 cm³/mol. The maximum Gasteiger partial charge on any atom is 0.261 e. The second-order valence-corrected chi connectivity index (χ2v) is 7.27. The van der Waals surface area contributed by atoms with E-state index < -0.39 is 6.10 Å². The second kappa shape index (κ2) is 9.07. The topological polar surface area (TPSA) is 77.2 Å². The van der Waals surface area contributed by atoms with Crippen molar-refractivity contribution in [3.8, 4) is 5.75 Å². The molecule has 1 aromatic heterocycles. The Labute approximate surface area is 158 Å². The van der Waals surface area contributed by atoms with Crippen molar-refractivity contribution in [2.45, 2.75) is 57.4 Å². The van der Waals surface area contributed by atoms with E-state index in [0.717, 1.165) is 18.6 Å². The number of carbonyl (C=O) groups excluding carboxylic acids is 1. The molecule has 1 aromatic carbocycles. The van der Waals surface area contributed by atoms with E-state index in [9.17, 15) is 4.79 Å². The SMILES string of the molecule is CC[C@H](Oc1ccc2c(c1)CCCC2)C(=O)NCc1nc(CSC)no1. The van der Waals surface area contributed by atoms with Gasteiger partial charge in [-0.3, -0.25) is 4.79 Å². The van der Waals surface area contributed by atoms with Crippen molar-refractivity contribution < 1.29 is 14.1 Å². The zero-order valence-electron chi connectivity index (χ0n) is 15.3. The predicted octanol–water partition coefficient (Wildman–Crippen LogP) is 3.29. The molecule has 1 aliphatic carbocycles. The van der Waals surface area contributed by atoms with Crippen LogP contribution in [0, 0.1) is 0 Å². The van der Waals surface area contributed by atoms with Gasteiger partial charge in [0, 0.05) is 0 Å². The molecule has 0 radical (unpaired) electrons. The Kier molecular flexibility index (Phi) is 6.55. The molecule has 1 aliphatic rings. The van der Waals surface area contributed by atoms with Gasteiger partial charge in [-0.2, -0.15) is 16.7 Å². The molecule has 0 saturated carbocycles. The Morgan fingerprint density at radius 3 is 2.92 bits per heavy atom. The van der Waals surface area contributed by atoms with Crippen LogP contribution in [0.5, 0.6) is 5.75 Å². The lowest BCUT2D eigenvalue weighted by Gasteiger charge is -2.20. The van der Waals surface area contributed by atoms with E-state index in [-0.39, 0.29) is 12.5 Å². The highest BCUT2D eigenvalue weighted by molar-refractivity contribution is 7.97. The van der Waals surface area contributed by atoms with Gasteiger partial charge >= 0.3 is 0 Å². The Balaban J connectivity index is 1.56. The largest absolute Gasteiger partial charge is 0.481 e. The molecule has 1 atom stereocenters. The molecule has 3 rings (SSSR count). The smallest absolute Gasteiger partial charge is 0.261 e. The molecule has 0 bridgehead atoms. The van der Waals surface area contributed by atoms with Crippen LogP contribution in [0.1, 0.15) is 49.0 Å². The van der Waals surface area contributed by atoms with Crippen molar-refractivity contribution in [1.29, 1.82) is 0 Å². The Bertz CT molecular complexity index is 747. The maximum atomic E-state index is 12.4. The van der Waals surface area contributed by atoms with Crippen molar-refractivity contribution in [3.63, 3.8) is 0 Å². The number of carbonyl (C=O) groups is 1. The van der Waals surface area contributed by atoms with Crippen LogP contribution in [0.2, 0.25) is 0 Å². The Morgan fingerprint density at radius 1 is 1.35 bits per heavy atom. The number of amides is 1. The number of thioether (sulfide) groups is 1. The van der Waals surface area contributed by atoms with Crippen molar-refractivity contribution >= 4 is 17.7 Å². The highest BCUT2D eigenvalue weighted by Gasteiger charge is 2.20. The fourth-order valence-corrected chi connectivity index (χ4v) is 3.47. The highest BCUT2D eigenvalue weighted by Crippen LogP contribution is 2.26. The lowest BCUT2D eigenvalue weighted by molar-refractivity contribution is -0.128. The van der Waals surface area contributed by atoms with Gasteiger partial charge in [0.15, 0.2) is 11.9 Å². The monoisotopic (exact) mass is 375 g/mol. The first kappa shape index (κ1) is 18.8. The molecular weight excluding hydrogens is 350 g/mol. The summed E-state index contributed by atoms with van der Waals surface area (Å²) in [6.07, 6.45) is 6.72. The molecule has 0 fully saturated rings. The number of benzene rings is 1. The summed E-state index contributed by atoms with van der Waals surface area (Å²) in [5.74, 6) is 2.32. The minimum absolute atomic E-state index is 0.171. The first-order chi connectivity index (χ1) is 12.7. The number of hydrogen-bond acceptors (Lipinski definition) is 6. The first-order valence-corrected chi connectivity index (χ1v) is 10.5. The fraction of sp³-hybridized carbons (Fsp3) is 0.526. The molecule has 26 heavy (non-hydrogen) atoms. The van der Waals surface area contributed by atoms with Gasteiger partial charge in [0.2, 0.25) is 5.89 Å². The van der Waals surface area contributed by atoms with Gasteiger partial charge in [-0.05, 0) is 61.6 Å². The third-order valence-electron chi connectivity index (χ3n) is 4.46. The molecule has 0 unspecified atom stereocenters. The number of ether oxygens (including phenoxy) is 1. The van der Waals surface area contributed by atoms with Crippen LogP contribution in [-0.2, 0) is 29.9 Å². The summed E-state index contributed by atoms with van der Waals surface area (Å²) in [5, 5.41) is 6.69. The van der Waals surface area contributed by atoms with Crippen molar-refractivity contribution in [1.82, 2.24) is 15.5 Å². The van der Waals surface area contributed by atoms with Gasteiger partial charge in [-0.1, -0.05) is 18.1 Å². The molecule has 6 nitrogen and oxygen atoms in total. The zero-order valence-corrected chi connectivity index (χ0v) is 16.1. The molecule has 0 aliphatic heterocycles. The molecule has 1 heterocycles. The van der Waals surface area contributed by atoms with Gasteiger partial charge in [0.1, 0.15) is 5.75 Å². The normalized spacial score (nSPS) is 14.5. The summed E-state index contributed by atoms with van der Waals surface area (Å²) in [7, 11) is 0. The highest BCUT2D eigenvalue weighted by atomic mass is 32.2. The number of aromatic nitrogens is 2. The molecule has 7 heteroatoms. The second-order valence-electron chi connectivity index (χ2n) is 6.41. The first-order valence-electron chi connectivity index (χ1n) is 9.06. The molecule has 140 valence electrons. The molecule has 1 amide bonds. The average molecular weight is 375 g/mol. The van der Waals surface area contributed by atoms with E-state index in [1.165, 1.54) is 24.0 Å². The van der Waals surface area contributed by atoms with Crippen molar-refractivity contribution in [3.05, 3.63) is 41.0 Å². The van der Waals surface area contributed by atoms with Crippen LogP contribution in [0.15, 0.2) is 22.7 Å². The van der Waals surface area contributed by atoms with Crippen molar-refractivity contribution in [2.24, 2.45) is 0 Å². The van der Waals surface area contributed by atoms with E-state index in [1.54, 1.807) is 11.8 Å². The van der Waals surface area contributed by atoms with E-state index >= 15 is 0 Å². The standard InChI is InChI=1S/C19H25N3O3S/c1-3-16(19(23)20-11-18-21-17(12-26-2)22-25-18)24-15-9-8-13-6-4-5-7-14(13)10-15/h8-10,16H,3-7,11-12H2,1-2H3,(H,20,23)/t16-/m0/s1. The molecule has 1 N–H and O–H groups in total. The van der Waals surface area contributed by atoms with Crippen LogP contribution in [-0.4, -0.2) is 28.4 Å². The Hall–Kier alpha value is -2.02. The van der Waals surface area contributed by atoms with Crippen LogP contribution < -0.4 is 10.1 Å². The lowest BCUT2D eigenvalue weighted by atomic mass is 9.92. The summed E-state index contributed by atoms with van der Waals surface area (Å²) < 4.78 is 11.1. The number of hydrogen-bond donors (Lipinski definition) is 1. The average Bonchev–Trinajstić information content (AvgIpc) is 3.12. The maximum absolute atomic E-state index is 12.4. The summed E-state index contributed by atoms with van der Waals surface area (Å²) in [5.41, 5.74) is 2.75. The number of fused-ring (bicyclic) bond motifs is 1. The summed E-state index contributed by atoms with van der Waals surface area (Å²) in [4.78, 5) is 16.7. The van der Waals surface area contributed by atoms with Crippen LogP contribution in [0.3, 0.4) is 0 Å². The molecule has 0 spiro atoms. The van der Waals surface area contributed by atoms with Gasteiger partial charge in [0.25, 0.3) is 5.91 Å². The third-order valence-corrected chi connectivity index (χ3v) is 5.01. The Morgan fingerprint density at radius 2 is 2.15 bits per heavy atom. The van der Waals surface area contributed by atoms with E-state index in [1.807, 2.05) is 19.2 Å². The van der Waals surface area contributed by atoms with E-state index in [4.69, 9.17) is 9.26 Å². The number of rotatable bonds is 8. The zero-order chi connectivity index (χ0) is 18.4. The quantitative estimate of drug-likeness (QED) is 0.763. The summed E-state index contributed by atoms with van der Waals surface area (Å²) in [6.45, 7) is 2.15. The summed E-state index contributed by atoms with van der Waals surface area (Å²) in [6, 6.07) is 6.17. The van der Waals surface area contributed by atoms with Gasteiger partial charge < -0.3 is 14.6 Å². The van der Waals surface area contributed by atoms with E-state index in [0.29, 0.717) is 23.9 Å². The molecule has 0 saturated heterocycles. The number of nitrogens with one attached hydrogen (secondary N) is 1. The molecule has 2 aromatic rings. The summed E-state index contributed by atoms with van der Waals surface area (Å²) >= 11 is 1.62. The fourth-order valence-electron chi connectivity index (χ4n) is 3.10. The minimum atomic E-state index is -0.537. The number of nitrogens with zero attached hydrogens (tertiary/aromatic N) is 2. The molecular formula is C19H25N3O3S. The van der Waals surface area contributed by atoms with Crippen LogP contribution in [0.4, 0.5) is 0 Å². The van der Waals surface area contributed by atoms with E-state index in [2.05, 4.69) is 27.6 Å². The van der Waals surface area contributed by atoms with Crippen LogP contribution >= 0.6 is 11.8 Å². The minimum Gasteiger partial charge on any atom is -0.481 e. The van der Waals surface area contributed by atoms with Crippen LogP contribution in [0.25, 0.3) is 0 Å². The lowest BCUT2D eigenvalue weighted by Crippen LogP contribution is -2.37. The van der Waals surface area contributed by atoms with Gasteiger partial charge in [-0.25, -0.2) is 0 Å². The van der Waals surface area contributed by atoms with Gasteiger partial charge in [0.05, 0.1) is 12.3 Å². The number of aryl methyl sites for hydroxylation is 2.